The van der Waals surface area contributed by atoms with E-state index in [1.165, 1.54) is 44.3 Å². The topological polar surface area (TPSA) is 210 Å². The van der Waals surface area contributed by atoms with Gasteiger partial charge in [-0.1, -0.05) is 6.07 Å². The second-order valence-electron chi connectivity index (χ2n) is 9.48. The highest BCUT2D eigenvalue weighted by Gasteiger charge is 2.55. The lowest BCUT2D eigenvalue weighted by atomic mass is 9.82. The van der Waals surface area contributed by atoms with Gasteiger partial charge in [0.1, 0.15) is 5.82 Å². The summed E-state index contributed by atoms with van der Waals surface area (Å²) in [5.41, 5.74) is 6.40. The SMILES string of the molecule is C[C@H](N)C(=O)Nc1cc(C[C@H]2C(=O)N(C(=O)N[C@H](C)c3ccc4c(c3)OC(F)(F)O4)[C@@H]2C(=O)O)ccn1.O=C(O)C(F)(F)F. The Balaban J connectivity index is 0.000000676. The summed E-state index contributed by atoms with van der Waals surface area (Å²) in [4.78, 5) is 62.8. The number of hydrogen-bond donors (Lipinski definition) is 5. The maximum atomic E-state index is 13.3. The van der Waals surface area contributed by atoms with Crippen molar-refractivity contribution in [1.82, 2.24) is 15.2 Å². The molecule has 238 valence electrons. The summed E-state index contributed by atoms with van der Waals surface area (Å²) in [6, 6.07) is 3.02. The van der Waals surface area contributed by atoms with Crippen molar-refractivity contribution >= 4 is 35.6 Å². The average molecular weight is 633 g/mol. The zero-order valence-corrected chi connectivity index (χ0v) is 22.6. The van der Waals surface area contributed by atoms with Crippen LogP contribution in [0.4, 0.5) is 32.6 Å². The molecule has 4 rings (SSSR count). The molecule has 4 amide bonds. The molecule has 2 aromatic rings. The van der Waals surface area contributed by atoms with Gasteiger partial charge in [0.05, 0.1) is 18.0 Å². The molecule has 0 saturated carbocycles. The Morgan fingerprint density at radius 3 is 2.27 bits per heavy atom. The van der Waals surface area contributed by atoms with Gasteiger partial charge in [-0.2, -0.15) is 13.2 Å². The third kappa shape index (κ3) is 7.85. The lowest BCUT2D eigenvalue weighted by Gasteiger charge is -2.43. The Kier molecular flexibility index (Phi) is 9.62. The summed E-state index contributed by atoms with van der Waals surface area (Å²) in [5.74, 6) is -6.56. The van der Waals surface area contributed by atoms with Gasteiger partial charge in [0.2, 0.25) is 11.8 Å². The molecular weight excluding hydrogens is 609 g/mol. The van der Waals surface area contributed by atoms with Crippen LogP contribution in [0, 0.1) is 5.92 Å². The summed E-state index contributed by atoms with van der Waals surface area (Å²) in [7, 11) is 0. The third-order valence-electron chi connectivity index (χ3n) is 6.14. The van der Waals surface area contributed by atoms with E-state index in [9.17, 15) is 46.2 Å². The number of amides is 4. The number of hydrogen-bond acceptors (Lipinski definition) is 9. The number of β-lactam (4-membered cyclic amide) rings is 1. The Morgan fingerprint density at radius 1 is 1.09 bits per heavy atom. The van der Waals surface area contributed by atoms with Gasteiger partial charge in [-0.3, -0.25) is 9.59 Å². The van der Waals surface area contributed by atoms with Crippen molar-refractivity contribution < 1.29 is 65.6 Å². The monoisotopic (exact) mass is 633 g/mol. The number of pyridine rings is 1. The highest BCUT2D eigenvalue weighted by molar-refractivity contribution is 6.07. The average Bonchev–Trinajstić information content (AvgIpc) is 3.22. The number of imide groups is 1. The number of aliphatic carboxylic acids is 2. The third-order valence-corrected chi connectivity index (χ3v) is 6.14. The van der Waals surface area contributed by atoms with E-state index in [-0.39, 0.29) is 23.7 Å². The number of rotatable bonds is 7. The van der Waals surface area contributed by atoms with Crippen LogP contribution >= 0.6 is 0 Å². The normalized spacial score (nSPS) is 19.5. The van der Waals surface area contributed by atoms with Crippen LogP contribution in [0.2, 0.25) is 0 Å². The second kappa shape index (κ2) is 12.7. The number of nitrogens with one attached hydrogen (secondary N) is 2. The first-order valence-electron chi connectivity index (χ1n) is 12.4. The van der Waals surface area contributed by atoms with Crippen LogP contribution in [-0.4, -0.2) is 74.4 Å². The van der Waals surface area contributed by atoms with Crippen molar-refractivity contribution in [3.8, 4) is 11.5 Å². The first-order valence-corrected chi connectivity index (χ1v) is 12.4. The van der Waals surface area contributed by atoms with Crippen LogP contribution in [0.3, 0.4) is 0 Å². The molecule has 1 aromatic heterocycles. The molecule has 6 N–H and O–H groups in total. The number of carbonyl (C=O) groups excluding carboxylic acids is 3. The molecule has 4 atom stereocenters. The van der Waals surface area contributed by atoms with Crippen LogP contribution < -0.4 is 25.8 Å². The summed E-state index contributed by atoms with van der Waals surface area (Å²) < 4.78 is 67.0. The van der Waals surface area contributed by atoms with Crippen molar-refractivity contribution in [2.75, 3.05) is 5.32 Å². The number of carboxylic acids is 2. The van der Waals surface area contributed by atoms with Gasteiger partial charge in [-0.15, -0.1) is 8.78 Å². The number of aromatic nitrogens is 1. The molecule has 1 fully saturated rings. The predicted molar refractivity (Wildman–Crippen MR) is 135 cm³/mol. The number of ether oxygens (including phenoxy) is 2. The van der Waals surface area contributed by atoms with E-state index in [4.69, 9.17) is 15.6 Å². The molecule has 2 aliphatic heterocycles. The van der Waals surface area contributed by atoms with Crippen LogP contribution in [0.15, 0.2) is 36.5 Å². The van der Waals surface area contributed by atoms with Crippen LogP contribution in [0.1, 0.15) is 31.0 Å². The fourth-order valence-corrected chi connectivity index (χ4v) is 3.99. The number of nitrogens with zero attached hydrogens (tertiary/aromatic N) is 2. The molecule has 3 heterocycles. The van der Waals surface area contributed by atoms with E-state index in [1.807, 2.05) is 0 Å². The molecular formula is C25H24F5N5O9. The number of carboxylic acid groups (broad SMARTS) is 2. The summed E-state index contributed by atoms with van der Waals surface area (Å²) in [5, 5.41) is 21.8. The highest BCUT2D eigenvalue weighted by Crippen LogP contribution is 2.42. The first-order chi connectivity index (χ1) is 20.3. The Morgan fingerprint density at radius 2 is 1.70 bits per heavy atom. The fraction of sp³-hybridized carbons (Fsp3) is 0.360. The smallest absolute Gasteiger partial charge is 0.480 e. The van der Waals surface area contributed by atoms with Crippen LogP contribution in [-0.2, 0) is 25.6 Å². The number of carbonyl (C=O) groups is 5. The minimum Gasteiger partial charge on any atom is -0.480 e. The molecule has 0 unspecified atom stereocenters. The zero-order valence-electron chi connectivity index (χ0n) is 22.6. The summed E-state index contributed by atoms with van der Waals surface area (Å²) in [6.07, 6.45) is -7.52. The Labute approximate surface area is 243 Å². The molecule has 14 nitrogen and oxygen atoms in total. The van der Waals surface area contributed by atoms with E-state index in [1.54, 1.807) is 6.07 Å². The summed E-state index contributed by atoms with van der Waals surface area (Å²) >= 11 is 0. The van der Waals surface area contributed by atoms with Crippen molar-refractivity contribution in [2.24, 2.45) is 11.7 Å². The maximum absolute atomic E-state index is 13.3. The number of alkyl halides is 5. The molecule has 1 saturated heterocycles. The van der Waals surface area contributed by atoms with Gasteiger partial charge >= 0.3 is 30.4 Å². The molecule has 0 spiro atoms. The molecule has 2 aliphatic rings. The molecule has 0 aliphatic carbocycles. The standard InChI is InChI=1S/C23H23F2N5O7.C2HF3O2/c1-10(26)19(31)29-17-8-12(5-6-27-17)7-14-18(21(33)34)30(20(14)32)22(35)28-11(2)13-3-4-15-16(9-13)37-23(24,25)36-15;3-2(4,5)1(6)7/h3-6,8-11,14,18H,7,26H2,1-2H3,(H,28,35)(H,33,34)(H,27,29,31);(H,6,7)/t10-,11+,14+,18-;/m0./s1. The van der Waals surface area contributed by atoms with E-state index < -0.39 is 66.3 Å². The number of likely N-dealkylation sites (tertiary alicyclic amines) is 1. The Hall–Kier alpha value is -5.07. The number of fused-ring (bicyclic) bond motifs is 1. The predicted octanol–water partition coefficient (Wildman–Crippen LogP) is 2.25. The van der Waals surface area contributed by atoms with Crippen molar-refractivity contribution in [2.45, 2.75) is 50.9 Å². The lowest BCUT2D eigenvalue weighted by molar-refractivity contribution is -0.286. The first kappa shape index (κ1) is 33.4. The number of anilines is 1. The zero-order chi connectivity index (χ0) is 33.1. The van der Waals surface area contributed by atoms with Crippen LogP contribution in [0.25, 0.3) is 0 Å². The molecule has 44 heavy (non-hydrogen) atoms. The van der Waals surface area contributed by atoms with E-state index in [2.05, 4.69) is 25.1 Å². The van der Waals surface area contributed by atoms with E-state index >= 15 is 0 Å². The van der Waals surface area contributed by atoms with Gasteiger partial charge in [0.25, 0.3) is 0 Å². The van der Waals surface area contributed by atoms with Gasteiger partial charge in [-0.25, -0.2) is 24.3 Å². The maximum Gasteiger partial charge on any atom is 0.586 e. The lowest BCUT2D eigenvalue weighted by Crippen LogP contribution is -2.68. The fourth-order valence-electron chi connectivity index (χ4n) is 3.99. The summed E-state index contributed by atoms with van der Waals surface area (Å²) in [6.45, 7) is 3.02. The molecule has 0 radical (unpaired) electrons. The minimum absolute atomic E-state index is 0.0188. The molecule has 19 heteroatoms. The number of halogens is 5. The van der Waals surface area contributed by atoms with Gasteiger partial charge in [-0.05, 0) is 55.7 Å². The van der Waals surface area contributed by atoms with E-state index in [0.29, 0.717) is 16.0 Å². The van der Waals surface area contributed by atoms with Gasteiger partial charge < -0.3 is 36.1 Å². The van der Waals surface area contributed by atoms with Crippen molar-refractivity contribution in [3.63, 3.8) is 0 Å². The highest BCUT2D eigenvalue weighted by atomic mass is 19.4. The quantitative estimate of drug-likeness (QED) is 0.220. The minimum atomic E-state index is -5.08. The number of benzene rings is 1. The number of urea groups is 1. The van der Waals surface area contributed by atoms with Crippen molar-refractivity contribution in [3.05, 3.63) is 47.7 Å². The van der Waals surface area contributed by atoms with E-state index in [0.717, 1.165) is 0 Å². The number of nitrogens with two attached hydrogens (primary N) is 1. The largest absolute Gasteiger partial charge is 0.586 e. The molecule has 1 aromatic carbocycles. The van der Waals surface area contributed by atoms with Crippen LogP contribution in [0.5, 0.6) is 11.5 Å². The molecule has 0 bridgehead atoms. The van der Waals surface area contributed by atoms with Gasteiger partial charge in [0, 0.05) is 6.20 Å². The van der Waals surface area contributed by atoms with Crippen molar-refractivity contribution in [1.29, 1.82) is 0 Å². The second-order valence-corrected chi connectivity index (χ2v) is 9.48. The Bertz CT molecular complexity index is 1470. The van der Waals surface area contributed by atoms with Gasteiger partial charge in [0.15, 0.2) is 17.5 Å².